The highest BCUT2D eigenvalue weighted by atomic mass is 32.2. The first kappa shape index (κ1) is 24.6. The molecule has 9 nitrogen and oxygen atoms in total. The summed E-state index contributed by atoms with van der Waals surface area (Å²) in [6.45, 7) is 0.0912. The normalized spacial score (nSPS) is 16.7. The highest BCUT2D eigenvalue weighted by Crippen LogP contribution is 2.34. The van der Waals surface area contributed by atoms with Crippen molar-refractivity contribution in [2.45, 2.75) is 23.8 Å². The first-order valence-corrected chi connectivity index (χ1v) is 13.3. The molecule has 192 valence electrons. The molecular weight excluding hydrogens is 496 g/mol. The number of ether oxygens (including phenoxy) is 3. The Morgan fingerprint density at radius 3 is 2.43 bits per heavy atom. The second-order valence-electron chi connectivity index (χ2n) is 8.67. The van der Waals surface area contributed by atoms with Gasteiger partial charge in [0, 0.05) is 6.54 Å². The summed E-state index contributed by atoms with van der Waals surface area (Å²) in [5.41, 5.74) is 2.24. The van der Waals surface area contributed by atoms with Crippen LogP contribution >= 0.6 is 0 Å². The molecule has 2 aliphatic rings. The average molecular weight is 523 g/mol. The van der Waals surface area contributed by atoms with Gasteiger partial charge in [0.05, 0.1) is 29.9 Å². The minimum atomic E-state index is -3.75. The van der Waals surface area contributed by atoms with E-state index >= 15 is 0 Å². The Balaban J connectivity index is 1.28. The molecule has 3 aromatic carbocycles. The number of carbonyl (C=O) groups is 2. The van der Waals surface area contributed by atoms with Gasteiger partial charge in [0.1, 0.15) is 11.5 Å². The molecule has 0 fully saturated rings. The lowest BCUT2D eigenvalue weighted by Gasteiger charge is -2.33. The Labute approximate surface area is 215 Å². The quantitative estimate of drug-likeness (QED) is 0.458. The van der Waals surface area contributed by atoms with Crippen molar-refractivity contribution in [3.05, 3.63) is 78.4 Å². The van der Waals surface area contributed by atoms with Crippen molar-refractivity contribution in [2.75, 3.05) is 36.0 Å². The highest BCUT2D eigenvalue weighted by molar-refractivity contribution is 7.92. The van der Waals surface area contributed by atoms with Gasteiger partial charge in [-0.1, -0.05) is 30.3 Å². The molecule has 2 heterocycles. The van der Waals surface area contributed by atoms with E-state index in [1.807, 2.05) is 24.3 Å². The fourth-order valence-electron chi connectivity index (χ4n) is 4.53. The molecule has 0 radical (unpaired) electrons. The zero-order chi connectivity index (χ0) is 26.0. The summed E-state index contributed by atoms with van der Waals surface area (Å²) in [6.07, 6.45) is 0.645. The Bertz CT molecular complexity index is 1420. The van der Waals surface area contributed by atoms with Crippen molar-refractivity contribution in [3.8, 4) is 11.5 Å². The van der Waals surface area contributed by atoms with Crippen molar-refractivity contribution < 1.29 is 32.2 Å². The fraction of sp³-hybridized carbons (Fsp3) is 0.259. The predicted octanol–water partition coefficient (Wildman–Crippen LogP) is 3.17. The van der Waals surface area contributed by atoms with Crippen LogP contribution in [0, 0.1) is 0 Å². The van der Waals surface area contributed by atoms with Gasteiger partial charge < -0.3 is 19.1 Å². The number of hydrogen-bond acceptors (Lipinski definition) is 7. The molecule has 0 saturated carbocycles. The van der Waals surface area contributed by atoms with Crippen LogP contribution in [0.15, 0.2) is 77.7 Å². The number of para-hydroxylation sites is 3. The number of esters is 1. The van der Waals surface area contributed by atoms with Crippen LogP contribution in [0.25, 0.3) is 0 Å². The molecule has 37 heavy (non-hydrogen) atoms. The number of hydrogen-bond donors (Lipinski definition) is 0. The second kappa shape index (κ2) is 10.1. The molecule has 0 N–H and O–H groups in total. The van der Waals surface area contributed by atoms with Gasteiger partial charge in [0.15, 0.2) is 6.61 Å². The maximum Gasteiger partial charge on any atom is 0.348 e. The summed E-state index contributed by atoms with van der Waals surface area (Å²) in [7, 11) is -2.49. The van der Waals surface area contributed by atoms with Crippen molar-refractivity contribution >= 4 is 33.3 Å². The minimum absolute atomic E-state index is 0.0135. The summed E-state index contributed by atoms with van der Waals surface area (Å²) in [5.74, 6) is -0.226. The van der Waals surface area contributed by atoms with Crippen molar-refractivity contribution in [2.24, 2.45) is 0 Å². The van der Waals surface area contributed by atoms with Crippen molar-refractivity contribution in [1.82, 2.24) is 0 Å². The Morgan fingerprint density at radius 1 is 0.973 bits per heavy atom. The van der Waals surface area contributed by atoms with Gasteiger partial charge in [0.2, 0.25) is 6.10 Å². The SMILES string of the molecule is COC(=O)C1CN(C(=O)COc2ccc(S(=O)(=O)N3CCCc4ccccc43)cc2)c2ccccc2O1. The van der Waals surface area contributed by atoms with E-state index in [0.29, 0.717) is 29.4 Å². The third-order valence-electron chi connectivity index (χ3n) is 6.38. The van der Waals surface area contributed by atoms with Crippen LogP contribution in [0.5, 0.6) is 11.5 Å². The Kier molecular flexibility index (Phi) is 6.75. The van der Waals surface area contributed by atoms with Crippen LogP contribution in [0.2, 0.25) is 0 Å². The zero-order valence-electron chi connectivity index (χ0n) is 20.2. The largest absolute Gasteiger partial charge is 0.484 e. The standard InChI is InChI=1S/C27H26N2O7S/c1-34-27(31)25-17-28(23-10-4-5-11-24(23)36-25)26(30)18-35-20-12-14-21(15-13-20)37(32,33)29-16-6-8-19-7-2-3-9-22(19)29/h2-5,7,9-15,25H,6,8,16-18H2,1H3. The molecule has 5 rings (SSSR count). The van der Waals surface area contributed by atoms with Gasteiger partial charge in [-0.05, 0) is 60.9 Å². The van der Waals surface area contributed by atoms with Crippen molar-refractivity contribution in [3.63, 3.8) is 0 Å². The van der Waals surface area contributed by atoms with E-state index in [1.54, 1.807) is 24.3 Å². The Hall–Kier alpha value is -4.05. The van der Waals surface area contributed by atoms with Gasteiger partial charge in [0.25, 0.3) is 15.9 Å². The number of sulfonamides is 1. The van der Waals surface area contributed by atoms with Crippen molar-refractivity contribution in [1.29, 1.82) is 0 Å². The molecular formula is C27H26N2O7S. The monoisotopic (exact) mass is 522 g/mol. The molecule has 1 amide bonds. The lowest BCUT2D eigenvalue weighted by atomic mass is 10.0. The molecule has 0 aliphatic carbocycles. The topological polar surface area (TPSA) is 102 Å². The van der Waals surface area contributed by atoms with Crippen LogP contribution in [-0.4, -0.2) is 53.2 Å². The van der Waals surface area contributed by atoms with Crippen LogP contribution in [0.4, 0.5) is 11.4 Å². The average Bonchev–Trinajstić information content (AvgIpc) is 2.94. The van der Waals surface area contributed by atoms with Crippen LogP contribution in [-0.2, 0) is 30.8 Å². The number of nitrogens with zero attached hydrogens (tertiary/aromatic N) is 2. The molecule has 0 spiro atoms. The number of rotatable bonds is 6. The van der Waals surface area contributed by atoms with Gasteiger partial charge in [-0.2, -0.15) is 0 Å². The molecule has 0 saturated heterocycles. The van der Waals surface area contributed by atoms with Crippen LogP contribution in [0.1, 0.15) is 12.0 Å². The summed E-state index contributed by atoms with van der Waals surface area (Å²) in [6, 6.07) is 20.4. The van der Waals surface area contributed by atoms with Gasteiger partial charge in [-0.25, -0.2) is 13.2 Å². The zero-order valence-corrected chi connectivity index (χ0v) is 21.0. The second-order valence-corrected chi connectivity index (χ2v) is 10.5. The number of fused-ring (bicyclic) bond motifs is 2. The summed E-state index contributed by atoms with van der Waals surface area (Å²) in [5, 5.41) is 0. The van der Waals surface area contributed by atoms with Crippen LogP contribution in [0.3, 0.4) is 0 Å². The number of benzene rings is 3. The van der Waals surface area contributed by atoms with Gasteiger partial charge in [-0.3, -0.25) is 9.10 Å². The fourth-order valence-corrected chi connectivity index (χ4v) is 6.07. The van der Waals surface area contributed by atoms with E-state index in [-0.39, 0.29) is 24.0 Å². The summed E-state index contributed by atoms with van der Waals surface area (Å²) >= 11 is 0. The van der Waals surface area contributed by atoms with Crippen LogP contribution < -0.4 is 18.7 Å². The molecule has 1 atom stereocenters. The van der Waals surface area contributed by atoms with E-state index in [2.05, 4.69) is 0 Å². The molecule has 0 aromatic heterocycles. The number of anilines is 2. The smallest absolute Gasteiger partial charge is 0.348 e. The lowest BCUT2D eigenvalue weighted by molar-refractivity contribution is -0.148. The molecule has 3 aromatic rings. The molecule has 0 bridgehead atoms. The lowest BCUT2D eigenvalue weighted by Crippen LogP contribution is -2.48. The first-order chi connectivity index (χ1) is 17.9. The number of methoxy groups -OCH3 is 1. The minimum Gasteiger partial charge on any atom is -0.484 e. The van der Waals surface area contributed by atoms with E-state index in [9.17, 15) is 18.0 Å². The predicted molar refractivity (Wildman–Crippen MR) is 136 cm³/mol. The Morgan fingerprint density at radius 2 is 1.68 bits per heavy atom. The van der Waals surface area contributed by atoms with E-state index in [1.165, 1.54) is 40.6 Å². The molecule has 10 heteroatoms. The van der Waals surface area contributed by atoms with Gasteiger partial charge >= 0.3 is 5.97 Å². The highest BCUT2D eigenvalue weighted by Gasteiger charge is 2.34. The number of aryl methyl sites for hydroxylation is 1. The summed E-state index contributed by atoms with van der Waals surface area (Å²) in [4.78, 5) is 26.6. The summed E-state index contributed by atoms with van der Waals surface area (Å²) < 4.78 is 44.2. The number of carbonyl (C=O) groups excluding carboxylic acids is 2. The molecule has 1 unspecified atom stereocenters. The third kappa shape index (κ3) is 4.84. The first-order valence-electron chi connectivity index (χ1n) is 11.9. The maximum atomic E-state index is 13.3. The molecule has 2 aliphatic heterocycles. The van der Waals surface area contributed by atoms with Gasteiger partial charge in [-0.15, -0.1) is 0 Å². The number of amides is 1. The van der Waals surface area contributed by atoms with E-state index in [4.69, 9.17) is 14.2 Å². The van der Waals surface area contributed by atoms with E-state index < -0.39 is 22.1 Å². The maximum absolute atomic E-state index is 13.3. The van der Waals surface area contributed by atoms with E-state index in [0.717, 1.165) is 18.4 Å². The third-order valence-corrected chi connectivity index (χ3v) is 8.21.